The van der Waals surface area contributed by atoms with Crippen molar-refractivity contribution in [2.24, 2.45) is 12.0 Å². The predicted octanol–water partition coefficient (Wildman–Crippen LogP) is 3.02. The fourth-order valence-corrected chi connectivity index (χ4v) is 2.55. The van der Waals surface area contributed by atoms with Gasteiger partial charge in [0.2, 0.25) is 0 Å². The zero-order chi connectivity index (χ0) is 18.3. The van der Waals surface area contributed by atoms with Crippen LogP contribution in [-0.4, -0.2) is 28.8 Å². The van der Waals surface area contributed by atoms with Crippen molar-refractivity contribution in [2.45, 2.75) is 46.1 Å². The molecule has 2 N–H and O–H groups in total. The molecule has 0 amide bonds. The maximum absolute atomic E-state index is 4.63. The molecule has 0 aliphatic rings. The Kier molecular flexibility index (Phi) is 6.62. The molecule has 0 saturated heterocycles. The summed E-state index contributed by atoms with van der Waals surface area (Å²) >= 11 is 0. The van der Waals surface area contributed by atoms with Crippen molar-refractivity contribution in [3.05, 3.63) is 53.3 Å². The SMILES string of the molecule is CCNC(=NCc1ccnn1C)NCCc1ccc(C(C)(C)C)cc1. The number of aromatic nitrogens is 2. The second-order valence-electron chi connectivity index (χ2n) is 7.27. The minimum atomic E-state index is 0.202. The van der Waals surface area contributed by atoms with Gasteiger partial charge >= 0.3 is 0 Å². The number of nitrogens with one attached hydrogen (secondary N) is 2. The third kappa shape index (κ3) is 5.93. The molecular formula is C20H31N5. The van der Waals surface area contributed by atoms with Crippen LogP contribution in [0.15, 0.2) is 41.5 Å². The molecule has 5 nitrogen and oxygen atoms in total. The molecule has 0 aliphatic heterocycles. The van der Waals surface area contributed by atoms with Crippen LogP contribution in [0.3, 0.4) is 0 Å². The van der Waals surface area contributed by atoms with Gasteiger partial charge in [-0.2, -0.15) is 5.10 Å². The first kappa shape index (κ1) is 19.0. The van der Waals surface area contributed by atoms with E-state index in [0.717, 1.165) is 31.2 Å². The lowest BCUT2D eigenvalue weighted by atomic mass is 9.86. The van der Waals surface area contributed by atoms with E-state index in [1.165, 1.54) is 11.1 Å². The van der Waals surface area contributed by atoms with Gasteiger partial charge < -0.3 is 10.6 Å². The normalized spacial score (nSPS) is 12.3. The number of aryl methyl sites for hydroxylation is 1. The zero-order valence-corrected chi connectivity index (χ0v) is 16.1. The van der Waals surface area contributed by atoms with Crippen molar-refractivity contribution in [1.82, 2.24) is 20.4 Å². The second-order valence-corrected chi connectivity index (χ2v) is 7.27. The van der Waals surface area contributed by atoms with Gasteiger partial charge in [-0.05, 0) is 36.0 Å². The van der Waals surface area contributed by atoms with Crippen LogP contribution in [0.2, 0.25) is 0 Å². The quantitative estimate of drug-likeness (QED) is 0.627. The third-order valence-corrected chi connectivity index (χ3v) is 4.19. The Hall–Kier alpha value is -2.30. The minimum Gasteiger partial charge on any atom is -0.357 e. The molecule has 2 aromatic rings. The molecule has 5 heteroatoms. The van der Waals surface area contributed by atoms with Gasteiger partial charge in [0.1, 0.15) is 0 Å². The Bertz CT molecular complexity index is 677. The summed E-state index contributed by atoms with van der Waals surface area (Å²) in [4.78, 5) is 4.63. The van der Waals surface area contributed by atoms with Gasteiger partial charge in [0.05, 0.1) is 12.2 Å². The van der Waals surface area contributed by atoms with E-state index < -0.39 is 0 Å². The summed E-state index contributed by atoms with van der Waals surface area (Å²) in [5.74, 6) is 0.843. The molecule has 0 aliphatic carbocycles. The van der Waals surface area contributed by atoms with Gasteiger partial charge in [-0.25, -0.2) is 4.99 Å². The second kappa shape index (κ2) is 8.70. The van der Waals surface area contributed by atoms with E-state index in [-0.39, 0.29) is 5.41 Å². The zero-order valence-electron chi connectivity index (χ0n) is 16.1. The van der Waals surface area contributed by atoms with Crippen LogP contribution in [0.4, 0.5) is 0 Å². The van der Waals surface area contributed by atoms with E-state index in [9.17, 15) is 0 Å². The van der Waals surface area contributed by atoms with Crippen molar-refractivity contribution < 1.29 is 0 Å². The highest BCUT2D eigenvalue weighted by atomic mass is 15.3. The topological polar surface area (TPSA) is 54.2 Å². The predicted molar refractivity (Wildman–Crippen MR) is 105 cm³/mol. The summed E-state index contributed by atoms with van der Waals surface area (Å²) in [6, 6.07) is 10.9. The van der Waals surface area contributed by atoms with Crippen molar-refractivity contribution in [1.29, 1.82) is 0 Å². The van der Waals surface area contributed by atoms with Crippen LogP contribution in [-0.2, 0) is 25.4 Å². The monoisotopic (exact) mass is 341 g/mol. The number of aliphatic imine (C=N–C) groups is 1. The van der Waals surface area contributed by atoms with E-state index in [1.807, 2.05) is 17.8 Å². The van der Waals surface area contributed by atoms with Crippen molar-refractivity contribution in [3.8, 4) is 0 Å². The summed E-state index contributed by atoms with van der Waals surface area (Å²) < 4.78 is 1.85. The Morgan fingerprint density at radius 3 is 2.40 bits per heavy atom. The van der Waals surface area contributed by atoms with Gasteiger partial charge in [0.25, 0.3) is 0 Å². The fraction of sp³-hybridized carbons (Fsp3) is 0.500. The standard InChI is InChI=1S/C20H31N5/c1-6-21-19(23-15-18-12-14-24-25(18)5)22-13-11-16-7-9-17(10-8-16)20(2,3)4/h7-10,12,14H,6,11,13,15H2,1-5H3,(H2,21,22,23). The Morgan fingerprint density at radius 1 is 1.12 bits per heavy atom. The summed E-state index contributed by atoms with van der Waals surface area (Å²) in [5.41, 5.74) is 4.00. The number of rotatable bonds is 6. The van der Waals surface area contributed by atoms with E-state index in [4.69, 9.17) is 0 Å². The Labute approximate surface area is 151 Å². The van der Waals surface area contributed by atoms with E-state index in [1.54, 1.807) is 6.20 Å². The number of guanidine groups is 1. The lowest BCUT2D eigenvalue weighted by Gasteiger charge is -2.19. The first-order valence-corrected chi connectivity index (χ1v) is 8.98. The molecule has 0 bridgehead atoms. The van der Waals surface area contributed by atoms with E-state index in [0.29, 0.717) is 6.54 Å². The van der Waals surface area contributed by atoms with Crippen LogP contribution in [0, 0.1) is 0 Å². The molecular weight excluding hydrogens is 310 g/mol. The average molecular weight is 342 g/mol. The minimum absolute atomic E-state index is 0.202. The first-order chi connectivity index (χ1) is 11.9. The highest BCUT2D eigenvalue weighted by Crippen LogP contribution is 2.22. The highest BCUT2D eigenvalue weighted by molar-refractivity contribution is 5.79. The Morgan fingerprint density at radius 2 is 1.84 bits per heavy atom. The average Bonchev–Trinajstić information content (AvgIpc) is 2.97. The molecule has 1 heterocycles. The van der Waals surface area contributed by atoms with Crippen LogP contribution in [0.25, 0.3) is 0 Å². The molecule has 0 unspecified atom stereocenters. The highest BCUT2D eigenvalue weighted by Gasteiger charge is 2.12. The van der Waals surface area contributed by atoms with Crippen LogP contribution in [0.5, 0.6) is 0 Å². The van der Waals surface area contributed by atoms with Crippen LogP contribution < -0.4 is 10.6 Å². The van der Waals surface area contributed by atoms with Gasteiger partial charge in [0.15, 0.2) is 5.96 Å². The van der Waals surface area contributed by atoms with Crippen molar-refractivity contribution >= 4 is 5.96 Å². The molecule has 0 atom stereocenters. The first-order valence-electron chi connectivity index (χ1n) is 8.98. The van der Waals surface area contributed by atoms with Crippen molar-refractivity contribution in [3.63, 3.8) is 0 Å². The summed E-state index contributed by atoms with van der Waals surface area (Å²) in [6.45, 7) is 11.1. The number of hydrogen-bond acceptors (Lipinski definition) is 2. The molecule has 25 heavy (non-hydrogen) atoms. The smallest absolute Gasteiger partial charge is 0.191 e. The number of nitrogens with zero attached hydrogens (tertiary/aromatic N) is 3. The molecule has 1 aromatic heterocycles. The molecule has 1 aromatic carbocycles. The van der Waals surface area contributed by atoms with Crippen LogP contribution in [0.1, 0.15) is 44.5 Å². The number of benzene rings is 1. The van der Waals surface area contributed by atoms with E-state index >= 15 is 0 Å². The van der Waals surface area contributed by atoms with E-state index in [2.05, 4.69) is 72.7 Å². The third-order valence-electron chi connectivity index (χ3n) is 4.19. The molecule has 0 fully saturated rings. The summed E-state index contributed by atoms with van der Waals surface area (Å²) in [6.07, 6.45) is 2.77. The maximum atomic E-state index is 4.63. The molecule has 0 radical (unpaired) electrons. The number of hydrogen-bond donors (Lipinski definition) is 2. The van der Waals surface area contributed by atoms with Crippen molar-refractivity contribution in [2.75, 3.05) is 13.1 Å². The fourth-order valence-electron chi connectivity index (χ4n) is 2.55. The van der Waals surface area contributed by atoms with Crippen LogP contribution >= 0.6 is 0 Å². The molecule has 0 saturated carbocycles. The van der Waals surface area contributed by atoms with Gasteiger partial charge in [-0.15, -0.1) is 0 Å². The molecule has 0 spiro atoms. The lowest BCUT2D eigenvalue weighted by Crippen LogP contribution is -2.38. The van der Waals surface area contributed by atoms with Gasteiger partial charge in [-0.1, -0.05) is 45.0 Å². The summed E-state index contributed by atoms with van der Waals surface area (Å²) in [5, 5.41) is 10.9. The molecule has 136 valence electrons. The maximum Gasteiger partial charge on any atom is 0.191 e. The largest absolute Gasteiger partial charge is 0.357 e. The van der Waals surface area contributed by atoms with Gasteiger partial charge in [-0.3, -0.25) is 4.68 Å². The lowest BCUT2D eigenvalue weighted by molar-refractivity contribution is 0.590. The molecule has 2 rings (SSSR count). The van der Waals surface area contributed by atoms with Gasteiger partial charge in [0, 0.05) is 26.3 Å². The Balaban J connectivity index is 1.87. The summed E-state index contributed by atoms with van der Waals surface area (Å²) in [7, 11) is 1.94.